The number of nitrogens with zero attached hydrogens (tertiary/aromatic N) is 2. The molecular formula is C17H14FN3O4S. The van der Waals surface area contributed by atoms with E-state index in [1.807, 2.05) is 0 Å². The van der Waals surface area contributed by atoms with Crippen LogP contribution in [0.15, 0.2) is 39.8 Å². The molecule has 0 spiro atoms. The van der Waals surface area contributed by atoms with Gasteiger partial charge in [0.05, 0.1) is 10.6 Å². The van der Waals surface area contributed by atoms with Gasteiger partial charge < -0.3 is 9.84 Å². The maximum atomic E-state index is 12.9. The van der Waals surface area contributed by atoms with Crippen molar-refractivity contribution in [1.82, 2.24) is 15.4 Å². The summed E-state index contributed by atoms with van der Waals surface area (Å²) >= 11 is 0.803. The van der Waals surface area contributed by atoms with Gasteiger partial charge >= 0.3 is 0 Å². The van der Waals surface area contributed by atoms with E-state index in [1.165, 1.54) is 36.4 Å². The quantitative estimate of drug-likeness (QED) is 0.808. The molecule has 9 heteroatoms. The number of hydrogen-bond donors (Lipinski definition) is 1. The number of thioether (sulfide) groups is 1. The monoisotopic (exact) mass is 375 g/mol. The summed E-state index contributed by atoms with van der Waals surface area (Å²) in [4.78, 5) is 37.5. The summed E-state index contributed by atoms with van der Waals surface area (Å²) in [6, 6.07) is 7.07. The lowest BCUT2D eigenvalue weighted by Crippen LogP contribution is -2.37. The molecular weight excluding hydrogens is 361 g/mol. The van der Waals surface area contributed by atoms with E-state index < -0.39 is 17.1 Å². The van der Waals surface area contributed by atoms with Crippen molar-refractivity contribution in [2.75, 3.05) is 13.1 Å². The van der Waals surface area contributed by atoms with Crippen LogP contribution < -0.4 is 5.32 Å². The van der Waals surface area contributed by atoms with Crippen molar-refractivity contribution in [1.29, 1.82) is 0 Å². The summed E-state index contributed by atoms with van der Waals surface area (Å²) in [6.07, 6.45) is 1.53. The van der Waals surface area contributed by atoms with Crippen molar-refractivity contribution in [2.24, 2.45) is 0 Å². The molecule has 1 aliphatic heterocycles. The molecule has 0 saturated carbocycles. The molecule has 3 amide bonds. The summed E-state index contributed by atoms with van der Waals surface area (Å²) < 4.78 is 17.8. The summed E-state index contributed by atoms with van der Waals surface area (Å²) in [7, 11) is 0. The molecule has 2 aromatic rings. The Bertz CT molecular complexity index is 892. The van der Waals surface area contributed by atoms with E-state index in [0.29, 0.717) is 11.3 Å². The van der Waals surface area contributed by atoms with E-state index in [-0.39, 0.29) is 29.6 Å². The molecule has 1 aliphatic rings. The van der Waals surface area contributed by atoms with E-state index in [0.717, 1.165) is 16.7 Å². The lowest BCUT2D eigenvalue weighted by molar-refractivity contribution is -0.122. The van der Waals surface area contributed by atoms with Crippen LogP contribution in [0, 0.1) is 12.7 Å². The number of nitrogens with one attached hydrogen (secondary N) is 1. The van der Waals surface area contributed by atoms with Gasteiger partial charge in [0, 0.05) is 19.2 Å². The first-order valence-electron chi connectivity index (χ1n) is 7.66. The molecule has 0 unspecified atom stereocenters. The van der Waals surface area contributed by atoms with Crippen LogP contribution in [0.1, 0.15) is 21.8 Å². The smallest absolute Gasteiger partial charge is 0.293 e. The minimum atomic E-state index is -0.473. The zero-order valence-electron chi connectivity index (χ0n) is 13.7. The van der Waals surface area contributed by atoms with Crippen LogP contribution in [0.3, 0.4) is 0 Å². The second-order valence-corrected chi connectivity index (χ2v) is 6.47. The molecule has 1 saturated heterocycles. The highest BCUT2D eigenvalue weighted by Crippen LogP contribution is 2.31. The SMILES string of the molecule is Cc1cc(C(=O)NCCN2C(=O)S/C(=C\c3ccc(F)cc3)C2=O)on1. The average Bonchev–Trinajstić information content (AvgIpc) is 3.15. The third kappa shape index (κ3) is 3.99. The number of imide groups is 1. The Labute approximate surface area is 152 Å². The molecule has 7 nitrogen and oxygen atoms in total. The van der Waals surface area contributed by atoms with Gasteiger partial charge in [0.15, 0.2) is 0 Å². The highest BCUT2D eigenvalue weighted by atomic mass is 32.2. The van der Waals surface area contributed by atoms with Gasteiger partial charge in [-0.25, -0.2) is 4.39 Å². The summed E-state index contributed by atoms with van der Waals surface area (Å²) in [5.41, 5.74) is 1.19. The average molecular weight is 375 g/mol. The van der Waals surface area contributed by atoms with Crippen molar-refractivity contribution in [2.45, 2.75) is 6.92 Å². The normalized spacial score (nSPS) is 15.8. The summed E-state index contributed by atoms with van der Waals surface area (Å²) in [5, 5.41) is 5.75. The molecule has 26 heavy (non-hydrogen) atoms. The van der Waals surface area contributed by atoms with E-state index in [9.17, 15) is 18.8 Å². The number of hydrogen-bond acceptors (Lipinski definition) is 6. The van der Waals surface area contributed by atoms with Crippen LogP contribution in [-0.4, -0.2) is 40.2 Å². The highest BCUT2D eigenvalue weighted by Gasteiger charge is 2.34. The second-order valence-electron chi connectivity index (χ2n) is 5.47. The van der Waals surface area contributed by atoms with Crippen LogP contribution >= 0.6 is 11.8 Å². The fourth-order valence-electron chi connectivity index (χ4n) is 2.24. The van der Waals surface area contributed by atoms with Gasteiger partial charge in [-0.1, -0.05) is 17.3 Å². The van der Waals surface area contributed by atoms with Crippen molar-refractivity contribution in [3.8, 4) is 0 Å². The van der Waals surface area contributed by atoms with E-state index >= 15 is 0 Å². The molecule has 1 fully saturated rings. The first kappa shape index (κ1) is 17.9. The largest absolute Gasteiger partial charge is 0.351 e. The molecule has 134 valence electrons. The molecule has 1 aromatic carbocycles. The maximum Gasteiger partial charge on any atom is 0.293 e. The van der Waals surface area contributed by atoms with Crippen LogP contribution in [0.4, 0.5) is 9.18 Å². The number of carbonyl (C=O) groups is 3. The van der Waals surface area contributed by atoms with Crippen LogP contribution in [0.25, 0.3) is 6.08 Å². The number of aryl methyl sites for hydroxylation is 1. The van der Waals surface area contributed by atoms with Crippen molar-refractivity contribution in [3.05, 3.63) is 58.1 Å². The zero-order valence-corrected chi connectivity index (χ0v) is 14.5. The van der Waals surface area contributed by atoms with Gasteiger partial charge in [0.1, 0.15) is 5.82 Å². The molecule has 0 radical (unpaired) electrons. The lowest BCUT2D eigenvalue weighted by Gasteiger charge is -2.12. The Kier molecular flexibility index (Phi) is 5.17. The van der Waals surface area contributed by atoms with E-state index in [1.54, 1.807) is 6.92 Å². The third-order valence-corrected chi connectivity index (χ3v) is 4.42. The Morgan fingerprint density at radius 2 is 2.08 bits per heavy atom. The minimum absolute atomic E-state index is 0.0320. The molecule has 1 N–H and O–H groups in total. The minimum Gasteiger partial charge on any atom is -0.351 e. The number of rotatable bonds is 5. The molecule has 1 aromatic heterocycles. The fourth-order valence-corrected chi connectivity index (χ4v) is 3.11. The zero-order chi connectivity index (χ0) is 18.7. The van der Waals surface area contributed by atoms with Gasteiger partial charge in [0.25, 0.3) is 17.1 Å². The first-order valence-corrected chi connectivity index (χ1v) is 8.48. The summed E-state index contributed by atoms with van der Waals surface area (Å²) in [5.74, 6) is -1.24. The standard InChI is InChI=1S/C17H14FN3O4S/c1-10-8-13(25-20-10)15(22)19-6-7-21-16(23)14(26-17(21)24)9-11-2-4-12(18)5-3-11/h2-5,8-9H,6-7H2,1H3,(H,19,22)/b14-9-. The molecule has 0 atom stereocenters. The van der Waals surface area contributed by atoms with Gasteiger partial charge in [-0.15, -0.1) is 0 Å². The van der Waals surface area contributed by atoms with Crippen molar-refractivity contribution >= 4 is 34.9 Å². The van der Waals surface area contributed by atoms with Crippen LogP contribution in [0.2, 0.25) is 0 Å². The second kappa shape index (κ2) is 7.52. The number of carbonyl (C=O) groups excluding carboxylic acids is 3. The topological polar surface area (TPSA) is 92.5 Å². The Hall–Kier alpha value is -2.94. The lowest BCUT2D eigenvalue weighted by atomic mass is 10.2. The van der Waals surface area contributed by atoms with Gasteiger partial charge in [-0.3, -0.25) is 19.3 Å². The van der Waals surface area contributed by atoms with Crippen molar-refractivity contribution in [3.63, 3.8) is 0 Å². The predicted molar refractivity (Wildman–Crippen MR) is 92.7 cm³/mol. The molecule has 0 aliphatic carbocycles. The number of aromatic nitrogens is 1. The van der Waals surface area contributed by atoms with E-state index in [2.05, 4.69) is 10.5 Å². The third-order valence-electron chi connectivity index (χ3n) is 3.51. The molecule has 0 bridgehead atoms. The fraction of sp³-hybridized carbons (Fsp3) is 0.176. The maximum absolute atomic E-state index is 12.9. The molecule has 3 rings (SSSR count). The first-order chi connectivity index (χ1) is 12.4. The van der Waals surface area contributed by atoms with Crippen LogP contribution in [0.5, 0.6) is 0 Å². The molecule has 2 heterocycles. The Morgan fingerprint density at radius 1 is 1.35 bits per heavy atom. The number of benzene rings is 1. The number of halogens is 1. The van der Waals surface area contributed by atoms with Gasteiger partial charge in [-0.05, 0) is 42.5 Å². The van der Waals surface area contributed by atoms with Crippen LogP contribution in [-0.2, 0) is 4.79 Å². The number of amides is 3. The Balaban J connectivity index is 1.58. The van der Waals surface area contributed by atoms with Gasteiger partial charge in [-0.2, -0.15) is 0 Å². The highest BCUT2D eigenvalue weighted by molar-refractivity contribution is 8.18. The Morgan fingerprint density at radius 3 is 2.73 bits per heavy atom. The summed E-state index contributed by atoms with van der Waals surface area (Å²) in [6.45, 7) is 1.80. The van der Waals surface area contributed by atoms with Crippen molar-refractivity contribution < 1.29 is 23.3 Å². The van der Waals surface area contributed by atoms with E-state index in [4.69, 9.17) is 4.52 Å². The predicted octanol–water partition coefficient (Wildman–Crippen LogP) is 2.59. The van der Waals surface area contributed by atoms with Gasteiger partial charge in [0.2, 0.25) is 5.76 Å².